The van der Waals surface area contributed by atoms with E-state index < -0.39 is 0 Å². The van der Waals surface area contributed by atoms with E-state index in [1.165, 1.54) is 17.8 Å². The van der Waals surface area contributed by atoms with Gasteiger partial charge < -0.3 is 5.32 Å². The van der Waals surface area contributed by atoms with Crippen molar-refractivity contribution in [2.75, 3.05) is 6.54 Å². The van der Waals surface area contributed by atoms with Gasteiger partial charge in [-0.05, 0) is 36.8 Å². The lowest BCUT2D eigenvalue weighted by Gasteiger charge is -2.10. The number of hydrogen-bond donors (Lipinski definition) is 1. The van der Waals surface area contributed by atoms with Crippen LogP contribution in [0, 0.1) is 12.7 Å². The Morgan fingerprint density at radius 2 is 1.93 bits per heavy atom. The molecule has 1 amide bonds. The minimum absolute atomic E-state index is 0.180. The summed E-state index contributed by atoms with van der Waals surface area (Å²) in [6.07, 6.45) is 5.31. The van der Waals surface area contributed by atoms with Crippen LogP contribution in [0.2, 0.25) is 0 Å². The van der Waals surface area contributed by atoms with Gasteiger partial charge in [-0.3, -0.25) is 14.2 Å². The van der Waals surface area contributed by atoms with Crippen LogP contribution in [-0.4, -0.2) is 26.8 Å². The van der Waals surface area contributed by atoms with Crippen LogP contribution in [0.1, 0.15) is 21.6 Å². The third kappa shape index (κ3) is 3.76. The molecule has 0 unspecified atom stereocenters. The Kier molecular flexibility index (Phi) is 4.85. The number of aryl methyl sites for hydroxylation is 1. The van der Waals surface area contributed by atoms with E-state index in [2.05, 4.69) is 15.3 Å². The number of nitrogens with zero attached hydrogens (tertiary/aromatic N) is 3. The minimum Gasteiger partial charge on any atom is -0.352 e. The first kappa shape index (κ1) is 17.9. The van der Waals surface area contributed by atoms with Crippen molar-refractivity contribution >= 4 is 11.6 Å². The summed E-state index contributed by atoms with van der Waals surface area (Å²) in [5, 5.41) is 2.90. The van der Waals surface area contributed by atoms with Crippen molar-refractivity contribution in [1.82, 2.24) is 19.7 Å². The zero-order valence-electron chi connectivity index (χ0n) is 15.4. The first-order valence-electron chi connectivity index (χ1n) is 9.03. The van der Waals surface area contributed by atoms with Crippen molar-refractivity contribution in [2.24, 2.45) is 0 Å². The van der Waals surface area contributed by atoms with Crippen molar-refractivity contribution in [3.05, 3.63) is 89.8 Å². The summed E-state index contributed by atoms with van der Waals surface area (Å²) >= 11 is 0. The molecule has 5 nitrogen and oxygen atoms in total. The maximum Gasteiger partial charge on any atom is 0.251 e. The second kappa shape index (κ2) is 7.60. The Balaban J connectivity index is 1.55. The topological polar surface area (TPSA) is 59.3 Å². The van der Waals surface area contributed by atoms with Crippen LogP contribution in [0.25, 0.3) is 16.9 Å². The normalized spacial score (nSPS) is 10.9. The van der Waals surface area contributed by atoms with E-state index in [0.717, 1.165) is 17.0 Å². The molecule has 0 bridgehead atoms. The average Bonchev–Trinajstić information content (AvgIpc) is 3.18. The van der Waals surface area contributed by atoms with Crippen molar-refractivity contribution in [1.29, 1.82) is 0 Å². The monoisotopic (exact) mass is 374 g/mol. The van der Waals surface area contributed by atoms with E-state index in [0.29, 0.717) is 24.2 Å². The molecule has 0 saturated carbocycles. The highest BCUT2D eigenvalue weighted by Crippen LogP contribution is 2.23. The lowest BCUT2D eigenvalue weighted by atomic mass is 10.1. The molecule has 140 valence electrons. The van der Waals surface area contributed by atoms with Gasteiger partial charge in [0.25, 0.3) is 5.91 Å². The minimum atomic E-state index is -0.371. The molecule has 0 aliphatic carbocycles. The summed E-state index contributed by atoms with van der Waals surface area (Å²) in [7, 11) is 0. The van der Waals surface area contributed by atoms with Gasteiger partial charge >= 0.3 is 0 Å². The molecule has 3 aromatic heterocycles. The number of aromatic nitrogens is 3. The molecule has 0 radical (unpaired) electrons. The summed E-state index contributed by atoms with van der Waals surface area (Å²) < 4.78 is 14.9. The Labute approximate surface area is 161 Å². The molecule has 1 N–H and O–H groups in total. The summed E-state index contributed by atoms with van der Waals surface area (Å²) in [5.41, 5.74) is 5.07. The van der Waals surface area contributed by atoms with Crippen LogP contribution >= 0.6 is 0 Å². The van der Waals surface area contributed by atoms with E-state index in [-0.39, 0.29) is 11.7 Å². The number of pyridine rings is 2. The standard InChI is InChI=1S/C22H19FN4O/c1-15-2-4-16(5-3-15)20-12-17(13-21-24-10-11-27(20)21)22(28)25-9-8-19-7-6-18(23)14-26-19/h2-7,10-14H,8-9H2,1H3,(H,25,28). The fourth-order valence-electron chi connectivity index (χ4n) is 3.06. The third-order valence-corrected chi connectivity index (χ3v) is 4.57. The summed E-state index contributed by atoms with van der Waals surface area (Å²) in [5.74, 6) is -0.551. The van der Waals surface area contributed by atoms with Gasteiger partial charge in [-0.2, -0.15) is 0 Å². The van der Waals surface area contributed by atoms with E-state index in [4.69, 9.17) is 0 Å². The van der Waals surface area contributed by atoms with Crippen molar-refractivity contribution in [3.63, 3.8) is 0 Å². The molecule has 0 aliphatic rings. The molecule has 1 aromatic carbocycles. The highest BCUT2D eigenvalue weighted by molar-refractivity contribution is 5.96. The highest BCUT2D eigenvalue weighted by atomic mass is 19.1. The molecular weight excluding hydrogens is 355 g/mol. The number of imidazole rings is 1. The number of amides is 1. The number of benzene rings is 1. The predicted molar refractivity (Wildman–Crippen MR) is 106 cm³/mol. The second-order valence-electron chi connectivity index (χ2n) is 6.62. The van der Waals surface area contributed by atoms with Gasteiger partial charge in [0, 0.05) is 36.6 Å². The van der Waals surface area contributed by atoms with Gasteiger partial charge in [-0.25, -0.2) is 9.37 Å². The van der Waals surface area contributed by atoms with Gasteiger partial charge in [0.1, 0.15) is 11.5 Å². The van der Waals surface area contributed by atoms with E-state index in [9.17, 15) is 9.18 Å². The van der Waals surface area contributed by atoms with Crippen LogP contribution in [0.3, 0.4) is 0 Å². The maximum absolute atomic E-state index is 12.9. The fourth-order valence-corrected chi connectivity index (χ4v) is 3.06. The van der Waals surface area contributed by atoms with Gasteiger partial charge in [0.05, 0.1) is 11.9 Å². The van der Waals surface area contributed by atoms with Crippen LogP contribution in [0.5, 0.6) is 0 Å². The first-order valence-corrected chi connectivity index (χ1v) is 9.03. The van der Waals surface area contributed by atoms with Gasteiger partial charge in [0.2, 0.25) is 0 Å². The van der Waals surface area contributed by atoms with Crippen molar-refractivity contribution < 1.29 is 9.18 Å². The van der Waals surface area contributed by atoms with E-state index in [1.807, 2.05) is 47.9 Å². The molecule has 6 heteroatoms. The molecule has 0 aliphatic heterocycles. The first-order chi connectivity index (χ1) is 13.6. The van der Waals surface area contributed by atoms with Crippen LogP contribution in [-0.2, 0) is 6.42 Å². The number of rotatable bonds is 5. The number of hydrogen-bond acceptors (Lipinski definition) is 3. The van der Waals surface area contributed by atoms with Gasteiger partial charge in [-0.15, -0.1) is 0 Å². The summed E-state index contributed by atoms with van der Waals surface area (Å²) in [6.45, 7) is 2.45. The summed E-state index contributed by atoms with van der Waals surface area (Å²) in [4.78, 5) is 21.0. The number of nitrogens with one attached hydrogen (secondary N) is 1. The second-order valence-corrected chi connectivity index (χ2v) is 6.62. The number of fused-ring (bicyclic) bond motifs is 1. The molecule has 0 saturated heterocycles. The molecule has 28 heavy (non-hydrogen) atoms. The van der Waals surface area contributed by atoms with Gasteiger partial charge in [0.15, 0.2) is 0 Å². The zero-order valence-corrected chi connectivity index (χ0v) is 15.4. The molecule has 4 rings (SSSR count). The Bertz CT molecular complexity index is 1120. The summed E-state index contributed by atoms with van der Waals surface area (Å²) in [6, 6.07) is 14.8. The number of carbonyl (C=O) groups excluding carboxylic acids is 1. The predicted octanol–water partition coefficient (Wildman–Crippen LogP) is 3.82. The van der Waals surface area contributed by atoms with Crippen LogP contribution in [0.4, 0.5) is 4.39 Å². The van der Waals surface area contributed by atoms with E-state index in [1.54, 1.807) is 18.3 Å². The third-order valence-electron chi connectivity index (χ3n) is 4.57. The number of halogens is 1. The molecule has 0 spiro atoms. The fraction of sp³-hybridized carbons (Fsp3) is 0.136. The van der Waals surface area contributed by atoms with Gasteiger partial charge in [-0.1, -0.05) is 29.8 Å². The Morgan fingerprint density at radius 3 is 2.68 bits per heavy atom. The average molecular weight is 374 g/mol. The van der Waals surface area contributed by atoms with Crippen LogP contribution < -0.4 is 5.32 Å². The lowest BCUT2D eigenvalue weighted by Crippen LogP contribution is -2.26. The SMILES string of the molecule is Cc1ccc(-c2cc(C(=O)NCCc3ccc(F)cn3)cc3nccn23)cc1. The smallest absolute Gasteiger partial charge is 0.251 e. The van der Waals surface area contributed by atoms with Crippen molar-refractivity contribution in [3.8, 4) is 11.3 Å². The molecular formula is C22H19FN4O. The number of carbonyl (C=O) groups is 1. The molecule has 4 aromatic rings. The molecule has 0 fully saturated rings. The Morgan fingerprint density at radius 1 is 1.11 bits per heavy atom. The highest BCUT2D eigenvalue weighted by Gasteiger charge is 2.12. The largest absolute Gasteiger partial charge is 0.352 e. The zero-order chi connectivity index (χ0) is 19.5. The van der Waals surface area contributed by atoms with Crippen molar-refractivity contribution in [2.45, 2.75) is 13.3 Å². The lowest BCUT2D eigenvalue weighted by molar-refractivity contribution is 0.0954. The maximum atomic E-state index is 12.9. The molecule has 3 heterocycles. The Hall–Kier alpha value is -3.54. The van der Waals surface area contributed by atoms with Crippen LogP contribution in [0.15, 0.2) is 67.1 Å². The quantitative estimate of drug-likeness (QED) is 0.578. The van der Waals surface area contributed by atoms with E-state index >= 15 is 0 Å². The molecule has 0 atom stereocenters.